The van der Waals surface area contributed by atoms with Crippen molar-refractivity contribution >= 4 is 38.1 Å². The summed E-state index contributed by atoms with van der Waals surface area (Å²) in [6.45, 7) is 4.12. The number of phenolic OH excluding ortho intramolecular Hbond substituents is 1. The van der Waals surface area contributed by atoms with E-state index in [-0.39, 0.29) is 11.8 Å². The summed E-state index contributed by atoms with van der Waals surface area (Å²) in [5.41, 5.74) is 0.719. The largest absolute Gasteiger partial charge is 0.506 e. The molecule has 1 rings (SSSR count). The lowest BCUT2D eigenvalue weighted by molar-refractivity contribution is 0.471. The van der Waals surface area contributed by atoms with Gasteiger partial charge < -0.3 is 5.11 Å². The normalized spacial score (nSPS) is 13.3. The zero-order chi connectivity index (χ0) is 11.4. The third-order valence-electron chi connectivity index (χ3n) is 2.12. The molecule has 0 heterocycles. The lowest BCUT2D eigenvalue weighted by atomic mass is 10.2. The molecule has 0 bridgehead atoms. The van der Waals surface area contributed by atoms with Crippen molar-refractivity contribution in [2.24, 2.45) is 4.99 Å². The van der Waals surface area contributed by atoms with Crippen LogP contribution in [0.1, 0.15) is 25.8 Å². The lowest BCUT2D eigenvalue weighted by Crippen LogP contribution is -1.95. The summed E-state index contributed by atoms with van der Waals surface area (Å²) in [7, 11) is 0. The Balaban J connectivity index is 2.99. The fourth-order valence-corrected chi connectivity index (χ4v) is 2.26. The Morgan fingerprint density at radius 2 is 2.13 bits per heavy atom. The molecule has 82 valence electrons. The van der Waals surface area contributed by atoms with Crippen LogP contribution in [0.5, 0.6) is 5.75 Å². The van der Waals surface area contributed by atoms with Gasteiger partial charge in [0.05, 0.1) is 4.47 Å². The minimum absolute atomic E-state index is 0.227. The van der Waals surface area contributed by atoms with Gasteiger partial charge in [-0.15, -0.1) is 0 Å². The molecule has 0 radical (unpaired) electrons. The monoisotopic (exact) mass is 333 g/mol. The zero-order valence-corrected chi connectivity index (χ0v) is 11.8. The Hall–Kier alpha value is -0.350. The molecule has 0 saturated carbocycles. The van der Waals surface area contributed by atoms with Gasteiger partial charge in [0, 0.05) is 22.3 Å². The lowest BCUT2D eigenvalue weighted by Gasteiger charge is -2.04. The van der Waals surface area contributed by atoms with Crippen molar-refractivity contribution in [2.75, 3.05) is 0 Å². The molecule has 0 fully saturated rings. The molecule has 1 N–H and O–H groups in total. The third kappa shape index (κ3) is 3.61. The van der Waals surface area contributed by atoms with Crippen molar-refractivity contribution in [1.82, 2.24) is 0 Å². The van der Waals surface area contributed by atoms with Crippen molar-refractivity contribution in [3.8, 4) is 5.75 Å². The van der Waals surface area contributed by atoms with Gasteiger partial charge in [-0.3, -0.25) is 4.99 Å². The second-order valence-electron chi connectivity index (χ2n) is 3.36. The number of hydrogen-bond donors (Lipinski definition) is 1. The van der Waals surface area contributed by atoms with Crippen molar-refractivity contribution in [3.63, 3.8) is 0 Å². The fourth-order valence-electron chi connectivity index (χ4n) is 0.997. The molecular weight excluding hydrogens is 322 g/mol. The van der Waals surface area contributed by atoms with Crippen molar-refractivity contribution in [3.05, 3.63) is 26.6 Å². The summed E-state index contributed by atoms with van der Waals surface area (Å²) >= 11 is 6.65. The highest BCUT2D eigenvalue weighted by atomic mass is 79.9. The first kappa shape index (κ1) is 12.7. The number of aromatic hydroxyl groups is 1. The van der Waals surface area contributed by atoms with E-state index in [4.69, 9.17) is 0 Å². The van der Waals surface area contributed by atoms with Gasteiger partial charge in [-0.1, -0.05) is 22.9 Å². The van der Waals surface area contributed by atoms with Crippen LogP contribution in [-0.4, -0.2) is 17.4 Å². The van der Waals surface area contributed by atoms with Crippen molar-refractivity contribution in [1.29, 1.82) is 0 Å². The maximum atomic E-state index is 9.75. The van der Waals surface area contributed by atoms with Gasteiger partial charge >= 0.3 is 0 Å². The maximum Gasteiger partial charge on any atom is 0.138 e. The van der Waals surface area contributed by atoms with Crippen molar-refractivity contribution < 1.29 is 5.11 Å². The highest BCUT2D eigenvalue weighted by molar-refractivity contribution is 9.11. The molecule has 0 aromatic heterocycles. The minimum atomic E-state index is 0.227. The smallest absolute Gasteiger partial charge is 0.138 e. The van der Waals surface area contributed by atoms with E-state index in [2.05, 4.69) is 43.8 Å². The SMILES string of the molecule is CCC(C)N=Cc1cc(Br)cc(Br)c1O. The van der Waals surface area contributed by atoms with Gasteiger partial charge in [0.15, 0.2) is 0 Å². The number of aliphatic imine (C=N–C) groups is 1. The Labute approximate surface area is 107 Å². The van der Waals surface area contributed by atoms with Crippen LogP contribution in [-0.2, 0) is 0 Å². The Bertz CT molecular complexity index is 377. The topological polar surface area (TPSA) is 32.6 Å². The Morgan fingerprint density at radius 3 is 2.73 bits per heavy atom. The van der Waals surface area contributed by atoms with Crippen LogP contribution in [0.4, 0.5) is 0 Å². The van der Waals surface area contributed by atoms with E-state index < -0.39 is 0 Å². The van der Waals surface area contributed by atoms with Crippen LogP contribution in [0.3, 0.4) is 0 Å². The maximum absolute atomic E-state index is 9.75. The van der Waals surface area contributed by atoms with Crippen LogP contribution < -0.4 is 0 Å². The van der Waals surface area contributed by atoms with Crippen LogP contribution in [0.25, 0.3) is 0 Å². The highest BCUT2D eigenvalue weighted by Gasteiger charge is 2.05. The number of halogens is 2. The molecule has 0 aliphatic rings. The molecule has 15 heavy (non-hydrogen) atoms. The van der Waals surface area contributed by atoms with Gasteiger partial charge in [0.1, 0.15) is 5.75 Å². The molecule has 1 unspecified atom stereocenters. The summed E-state index contributed by atoms with van der Waals surface area (Å²) < 4.78 is 1.58. The molecule has 1 aromatic rings. The number of rotatable bonds is 3. The van der Waals surface area contributed by atoms with E-state index in [1.165, 1.54) is 0 Å². The highest BCUT2D eigenvalue weighted by Crippen LogP contribution is 2.30. The average molecular weight is 335 g/mol. The molecule has 1 atom stereocenters. The number of hydrogen-bond acceptors (Lipinski definition) is 2. The predicted octanol–water partition coefficient (Wildman–Crippen LogP) is 4.13. The first-order valence-corrected chi connectivity index (χ1v) is 6.34. The fraction of sp³-hybridized carbons (Fsp3) is 0.364. The number of nitrogens with zero attached hydrogens (tertiary/aromatic N) is 1. The molecule has 4 heteroatoms. The molecule has 0 aliphatic carbocycles. The second-order valence-corrected chi connectivity index (χ2v) is 5.13. The first-order chi connectivity index (χ1) is 7.04. The summed E-state index contributed by atoms with van der Waals surface area (Å²) in [6, 6.07) is 3.92. The van der Waals surface area contributed by atoms with E-state index in [1.54, 1.807) is 12.3 Å². The minimum Gasteiger partial charge on any atom is -0.506 e. The first-order valence-electron chi connectivity index (χ1n) is 4.75. The summed E-state index contributed by atoms with van der Waals surface area (Å²) in [6.07, 6.45) is 2.70. The number of phenols is 1. The van der Waals surface area contributed by atoms with Gasteiger partial charge in [-0.25, -0.2) is 0 Å². The summed E-state index contributed by atoms with van der Waals surface area (Å²) in [4.78, 5) is 4.33. The molecule has 1 aromatic carbocycles. The third-order valence-corrected chi connectivity index (χ3v) is 3.18. The molecule has 0 aliphatic heterocycles. The second kappa shape index (κ2) is 5.66. The van der Waals surface area contributed by atoms with Gasteiger partial charge in [0.2, 0.25) is 0 Å². The van der Waals surface area contributed by atoms with Gasteiger partial charge in [-0.05, 0) is 41.4 Å². The van der Waals surface area contributed by atoms with E-state index in [0.717, 1.165) is 16.5 Å². The van der Waals surface area contributed by atoms with Crippen LogP contribution >= 0.6 is 31.9 Å². The Morgan fingerprint density at radius 1 is 1.47 bits per heavy atom. The quantitative estimate of drug-likeness (QED) is 0.828. The summed E-state index contributed by atoms with van der Waals surface area (Å²) in [5.74, 6) is 0.227. The zero-order valence-electron chi connectivity index (χ0n) is 8.67. The van der Waals surface area contributed by atoms with E-state index >= 15 is 0 Å². The molecule has 0 spiro atoms. The summed E-state index contributed by atoms with van der Waals surface area (Å²) in [5, 5.41) is 9.75. The Kier molecular flexibility index (Phi) is 4.80. The van der Waals surface area contributed by atoms with Crippen molar-refractivity contribution in [2.45, 2.75) is 26.3 Å². The molecule has 0 saturated heterocycles. The van der Waals surface area contributed by atoms with E-state index in [1.807, 2.05) is 13.0 Å². The average Bonchev–Trinajstić information content (AvgIpc) is 2.20. The number of benzene rings is 1. The van der Waals surface area contributed by atoms with Crippen LogP contribution in [0.15, 0.2) is 26.1 Å². The van der Waals surface area contributed by atoms with E-state index in [9.17, 15) is 5.11 Å². The van der Waals surface area contributed by atoms with Crippen LogP contribution in [0, 0.1) is 0 Å². The van der Waals surface area contributed by atoms with Gasteiger partial charge in [0.25, 0.3) is 0 Å². The van der Waals surface area contributed by atoms with Gasteiger partial charge in [-0.2, -0.15) is 0 Å². The molecular formula is C11H13Br2NO. The van der Waals surface area contributed by atoms with E-state index in [0.29, 0.717) is 4.47 Å². The molecule has 0 amide bonds. The van der Waals surface area contributed by atoms with Crippen LogP contribution in [0.2, 0.25) is 0 Å². The standard InChI is InChI=1S/C11H13Br2NO/c1-3-7(2)14-6-8-4-9(12)5-10(13)11(8)15/h4-7,15H,3H2,1-2H3. The molecule has 2 nitrogen and oxygen atoms in total. The predicted molar refractivity (Wildman–Crippen MR) is 70.9 cm³/mol.